The molecule has 1 N–H and O–H groups in total. The highest BCUT2D eigenvalue weighted by Crippen LogP contribution is 2.41. The lowest BCUT2D eigenvalue weighted by Crippen LogP contribution is -2.30. The van der Waals surface area contributed by atoms with Crippen LogP contribution >= 0.6 is 0 Å². The molecule has 0 radical (unpaired) electrons. The van der Waals surface area contributed by atoms with Crippen LogP contribution in [0.5, 0.6) is 17.2 Å². The zero-order valence-corrected chi connectivity index (χ0v) is 19.6. The van der Waals surface area contributed by atoms with Gasteiger partial charge in [0.2, 0.25) is 0 Å². The summed E-state index contributed by atoms with van der Waals surface area (Å²) in [6.07, 6.45) is 2.68. The summed E-state index contributed by atoms with van der Waals surface area (Å²) in [5.74, 6) is 0.0574. The molecule has 1 heterocycles. The summed E-state index contributed by atoms with van der Waals surface area (Å²) in [6, 6.07) is 11.5. The first kappa shape index (κ1) is 24.2. The monoisotopic (exact) mass is 453 g/mol. The van der Waals surface area contributed by atoms with E-state index in [1.165, 1.54) is 19.1 Å². The van der Waals surface area contributed by atoms with Gasteiger partial charge >= 0.3 is 0 Å². The van der Waals surface area contributed by atoms with Gasteiger partial charge in [0, 0.05) is 12.1 Å². The van der Waals surface area contributed by atoms with Gasteiger partial charge in [-0.3, -0.25) is 9.59 Å². The van der Waals surface area contributed by atoms with Crippen LogP contribution < -0.4 is 14.2 Å². The van der Waals surface area contributed by atoms with Gasteiger partial charge in [0.1, 0.15) is 11.5 Å². The molecule has 3 rings (SSSR count). The predicted octanol–water partition coefficient (Wildman–Crippen LogP) is 4.71. The molecule has 1 aliphatic heterocycles. The topological polar surface area (TPSA) is 85.3 Å². The maximum atomic E-state index is 13.0. The molecule has 1 aliphatic rings. The molecule has 33 heavy (non-hydrogen) atoms. The average molecular weight is 454 g/mol. The number of nitrogens with zero attached hydrogens (tertiary/aromatic N) is 1. The SMILES string of the molecule is CCCCOc1ccc(C2/C(=C(/O)c3ccc(OC)c(OC)c3)C(=O)C(=O)N2CCC)cc1. The van der Waals surface area contributed by atoms with Crippen molar-refractivity contribution in [2.75, 3.05) is 27.4 Å². The second-order valence-corrected chi connectivity index (χ2v) is 7.83. The molecule has 1 unspecified atom stereocenters. The van der Waals surface area contributed by atoms with Crippen LogP contribution in [0.3, 0.4) is 0 Å². The smallest absolute Gasteiger partial charge is 0.295 e. The van der Waals surface area contributed by atoms with E-state index in [0.29, 0.717) is 36.6 Å². The lowest BCUT2D eigenvalue weighted by atomic mass is 9.95. The van der Waals surface area contributed by atoms with Gasteiger partial charge in [-0.25, -0.2) is 0 Å². The summed E-state index contributed by atoms with van der Waals surface area (Å²) in [4.78, 5) is 27.4. The highest BCUT2D eigenvalue weighted by Gasteiger charge is 2.45. The van der Waals surface area contributed by atoms with Gasteiger partial charge in [-0.1, -0.05) is 32.4 Å². The van der Waals surface area contributed by atoms with Crippen molar-refractivity contribution in [1.82, 2.24) is 4.90 Å². The number of methoxy groups -OCH3 is 2. The molecule has 0 aromatic heterocycles. The van der Waals surface area contributed by atoms with E-state index < -0.39 is 17.7 Å². The number of aliphatic hydroxyl groups excluding tert-OH is 1. The molecule has 2 aromatic rings. The number of hydrogen-bond acceptors (Lipinski definition) is 6. The second kappa shape index (κ2) is 10.9. The minimum absolute atomic E-state index is 0.0559. The molecule has 2 aromatic carbocycles. The third-order valence-electron chi connectivity index (χ3n) is 5.62. The molecule has 7 nitrogen and oxygen atoms in total. The molecule has 0 aliphatic carbocycles. The maximum Gasteiger partial charge on any atom is 0.295 e. The fourth-order valence-electron chi connectivity index (χ4n) is 3.92. The van der Waals surface area contributed by atoms with Gasteiger partial charge in [-0.15, -0.1) is 0 Å². The Hall–Kier alpha value is -3.48. The van der Waals surface area contributed by atoms with E-state index in [2.05, 4.69) is 6.92 Å². The third kappa shape index (κ3) is 4.97. The van der Waals surface area contributed by atoms with Crippen LogP contribution in [0.4, 0.5) is 0 Å². The number of benzene rings is 2. The maximum absolute atomic E-state index is 13.0. The number of amides is 1. The quantitative estimate of drug-likeness (QED) is 0.243. The Morgan fingerprint density at radius 1 is 0.970 bits per heavy atom. The molecule has 1 fully saturated rings. The summed E-state index contributed by atoms with van der Waals surface area (Å²) in [7, 11) is 3.01. The summed E-state index contributed by atoms with van der Waals surface area (Å²) in [5, 5.41) is 11.2. The third-order valence-corrected chi connectivity index (χ3v) is 5.62. The van der Waals surface area contributed by atoms with Crippen LogP contribution in [0.2, 0.25) is 0 Å². The molecule has 0 bridgehead atoms. The van der Waals surface area contributed by atoms with Crippen molar-refractivity contribution in [3.8, 4) is 17.2 Å². The average Bonchev–Trinajstić information content (AvgIpc) is 3.09. The predicted molar refractivity (Wildman–Crippen MR) is 126 cm³/mol. The summed E-state index contributed by atoms with van der Waals surface area (Å²) in [6.45, 7) is 5.06. The highest BCUT2D eigenvalue weighted by atomic mass is 16.5. The number of ketones is 1. The number of likely N-dealkylation sites (tertiary alicyclic amines) is 1. The standard InChI is InChI=1S/C26H31NO6/c1-5-7-15-33-19-11-8-17(9-12-19)23-22(25(29)26(30)27(23)14-6-2)24(28)18-10-13-20(31-3)21(16-18)32-4/h8-13,16,23,28H,5-7,14-15H2,1-4H3/b24-22-. The van der Waals surface area contributed by atoms with E-state index >= 15 is 0 Å². The molecular formula is C26H31NO6. The van der Waals surface area contributed by atoms with Crippen LogP contribution in [0, 0.1) is 0 Å². The van der Waals surface area contributed by atoms with Gasteiger partial charge < -0.3 is 24.2 Å². The molecular weight excluding hydrogens is 422 g/mol. The Morgan fingerprint density at radius 2 is 1.67 bits per heavy atom. The number of ether oxygens (including phenoxy) is 3. The number of unbranched alkanes of at least 4 members (excludes halogenated alkanes) is 1. The van der Waals surface area contributed by atoms with E-state index in [1.807, 2.05) is 31.2 Å². The molecule has 0 saturated carbocycles. The fourth-order valence-corrected chi connectivity index (χ4v) is 3.92. The molecule has 1 atom stereocenters. The molecule has 1 saturated heterocycles. The number of hydrogen-bond donors (Lipinski definition) is 1. The van der Waals surface area contributed by atoms with Crippen molar-refractivity contribution < 1.29 is 28.9 Å². The van der Waals surface area contributed by atoms with E-state index in [0.717, 1.165) is 24.2 Å². The van der Waals surface area contributed by atoms with Crippen molar-refractivity contribution in [3.05, 3.63) is 59.2 Å². The summed E-state index contributed by atoms with van der Waals surface area (Å²) in [5.41, 5.74) is 1.15. The first-order valence-electron chi connectivity index (χ1n) is 11.2. The Labute approximate surface area is 194 Å². The molecule has 7 heteroatoms. The van der Waals surface area contributed by atoms with Gasteiger partial charge in [-0.2, -0.15) is 0 Å². The van der Waals surface area contributed by atoms with Crippen molar-refractivity contribution in [1.29, 1.82) is 0 Å². The number of Topliss-reactive ketones (excluding diaryl/α,β-unsaturated/α-hetero) is 1. The van der Waals surface area contributed by atoms with Crippen LogP contribution in [0.25, 0.3) is 5.76 Å². The fraction of sp³-hybridized carbons (Fsp3) is 0.385. The van der Waals surface area contributed by atoms with Crippen LogP contribution in [-0.2, 0) is 9.59 Å². The van der Waals surface area contributed by atoms with Crippen molar-refractivity contribution in [3.63, 3.8) is 0 Å². The first-order valence-corrected chi connectivity index (χ1v) is 11.2. The van der Waals surface area contributed by atoms with Gasteiger partial charge in [0.15, 0.2) is 11.5 Å². The number of carbonyl (C=O) groups excluding carboxylic acids is 2. The molecule has 1 amide bonds. The van der Waals surface area contributed by atoms with E-state index in [1.54, 1.807) is 18.2 Å². The molecule has 0 spiro atoms. The summed E-state index contributed by atoms with van der Waals surface area (Å²) >= 11 is 0. The van der Waals surface area contributed by atoms with Gasteiger partial charge in [0.05, 0.1) is 32.4 Å². The van der Waals surface area contributed by atoms with E-state index in [4.69, 9.17) is 14.2 Å². The first-order chi connectivity index (χ1) is 16.0. The lowest BCUT2D eigenvalue weighted by Gasteiger charge is -2.25. The van der Waals surface area contributed by atoms with Crippen LogP contribution in [-0.4, -0.2) is 49.1 Å². The van der Waals surface area contributed by atoms with E-state index in [-0.39, 0.29) is 11.3 Å². The van der Waals surface area contributed by atoms with Gasteiger partial charge in [0.25, 0.3) is 11.7 Å². The number of aliphatic hydroxyl groups is 1. The zero-order valence-electron chi connectivity index (χ0n) is 19.6. The van der Waals surface area contributed by atoms with Gasteiger partial charge in [-0.05, 0) is 48.7 Å². The second-order valence-electron chi connectivity index (χ2n) is 7.83. The lowest BCUT2D eigenvalue weighted by molar-refractivity contribution is -0.139. The minimum atomic E-state index is -0.705. The normalized spacial score (nSPS) is 17.3. The van der Waals surface area contributed by atoms with Crippen LogP contribution in [0.1, 0.15) is 50.3 Å². The largest absolute Gasteiger partial charge is 0.507 e. The van der Waals surface area contributed by atoms with E-state index in [9.17, 15) is 14.7 Å². The Balaban J connectivity index is 2.06. The highest BCUT2D eigenvalue weighted by molar-refractivity contribution is 6.46. The Bertz CT molecular complexity index is 1030. The Kier molecular flexibility index (Phi) is 7.98. The van der Waals surface area contributed by atoms with Crippen LogP contribution in [0.15, 0.2) is 48.0 Å². The zero-order chi connectivity index (χ0) is 24.0. The molecule has 176 valence electrons. The summed E-state index contributed by atoms with van der Waals surface area (Å²) < 4.78 is 16.3. The van der Waals surface area contributed by atoms with Crippen molar-refractivity contribution in [2.24, 2.45) is 0 Å². The Morgan fingerprint density at radius 3 is 2.27 bits per heavy atom. The van der Waals surface area contributed by atoms with Crippen molar-refractivity contribution >= 4 is 17.4 Å². The number of carbonyl (C=O) groups is 2. The minimum Gasteiger partial charge on any atom is -0.507 e. The van der Waals surface area contributed by atoms with Crippen molar-refractivity contribution in [2.45, 2.75) is 39.2 Å². The number of rotatable bonds is 10.